The summed E-state index contributed by atoms with van der Waals surface area (Å²) in [6.07, 6.45) is 0. The Hall–Kier alpha value is -3.72. The van der Waals surface area contributed by atoms with Crippen LogP contribution in [-0.2, 0) is 0 Å². The van der Waals surface area contributed by atoms with E-state index in [-0.39, 0.29) is 11.2 Å². The molecule has 3 heteroatoms. The number of fused-ring (bicyclic) bond motifs is 2. The van der Waals surface area contributed by atoms with Crippen molar-refractivity contribution in [1.82, 2.24) is 4.57 Å². The summed E-state index contributed by atoms with van der Waals surface area (Å²) in [4.78, 5) is 12.9. The standard InChI is InChI=1S/C25H16FNO/c26-19-13-9-17(10-14-19)18-11-15-20(16-12-18)27-23-7-3-1-5-21(23)25(28)22-6-2-4-8-24(22)27/h1-16H. The summed E-state index contributed by atoms with van der Waals surface area (Å²) in [7, 11) is 0. The summed E-state index contributed by atoms with van der Waals surface area (Å²) in [5.74, 6) is -0.244. The van der Waals surface area contributed by atoms with Crippen LogP contribution in [-0.4, -0.2) is 4.57 Å². The maximum atomic E-state index is 13.2. The molecule has 5 aromatic rings. The van der Waals surface area contributed by atoms with Gasteiger partial charge in [0.15, 0.2) is 5.43 Å². The Kier molecular flexibility index (Phi) is 3.80. The first-order chi connectivity index (χ1) is 13.7. The Morgan fingerprint density at radius 2 is 1.04 bits per heavy atom. The van der Waals surface area contributed by atoms with E-state index < -0.39 is 0 Å². The van der Waals surface area contributed by atoms with E-state index in [1.54, 1.807) is 12.1 Å². The van der Waals surface area contributed by atoms with Crippen LogP contribution in [0.2, 0.25) is 0 Å². The highest BCUT2D eigenvalue weighted by atomic mass is 19.1. The molecule has 5 rings (SSSR count). The van der Waals surface area contributed by atoms with Crippen LogP contribution in [0.3, 0.4) is 0 Å². The second-order valence-corrected chi connectivity index (χ2v) is 6.75. The first-order valence-corrected chi connectivity index (χ1v) is 9.11. The molecule has 0 atom stereocenters. The number of hydrogen-bond acceptors (Lipinski definition) is 1. The SMILES string of the molecule is O=c1c2ccccc2n(-c2ccc(-c3ccc(F)cc3)cc2)c2ccccc12. The van der Waals surface area contributed by atoms with Crippen LogP contribution in [0.15, 0.2) is 102 Å². The molecule has 1 heterocycles. The largest absolute Gasteiger partial charge is 0.309 e. The van der Waals surface area contributed by atoms with Crippen LogP contribution in [0.1, 0.15) is 0 Å². The Balaban J connectivity index is 1.75. The number of rotatable bonds is 2. The molecule has 0 spiro atoms. The van der Waals surface area contributed by atoms with Gasteiger partial charge in [-0.15, -0.1) is 0 Å². The number of aromatic nitrogens is 1. The minimum absolute atomic E-state index is 0.0467. The van der Waals surface area contributed by atoms with Crippen LogP contribution in [0.25, 0.3) is 38.6 Å². The van der Waals surface area contributed by atoms with E-state index in [2.05, 4.69) is 4.57 Å². The fourth-order valence-corrected chi connectivity index (χ4v) is 3.72. The Bertz CT molecular complexity index is 1310. The van der Waals surface area contributed by atoms with Crippen LogP contribution in [0.5, 0.6) is 0 Å². The first kappa shape index (κ1) is 16.5. The normalized spacial score (nSPS) is 11.2. The molecule has 0 unspecified atom stereocenters. The minimum Gasteiger partial charge on any atom is -0.309 e. The van der Waals surface area contributed by atoms with Crippen molar-refractivity contribution in [2.24, 2.45) is 0 Å². The fourth-order valence-electron chi connectivity index (χ4n) is 3.72. The van der Waals surface area contributed by atoms with Gasteiger partial charge in [-0.05, 0) is 59.7 Å². The van der Waals surface area contributed by atoms with Crippen molar-refractivity contribution in [3.63, 3.8) is 0 Å². The Morgan fingerprint density at radius 3 is 1.57 bits per heavy atom. The van der Waals surface area contributed by atoms with Crippen LogP contribution < -0.4 is 5.43 Å². The van der Waals surface area contributed by atoms with Gasteiger partial charge in [0.25, 0.3) is 0 Å². The lowest BCUT2D eigenvalue weighted by Gasteiger charge is -2.15. The second kappa shape index (κ2) is 6.46. The van der Waals surface area contributed by atoms with Crippen molar-refractivity contribution in [1.29, 1.82) is 0 Å². The number of nitrogens with zero attached hydrogens (tertiary/aromatic N) is 1. The van der Waals surface area contributed by atoms with Gasteiger partial charge in [0.2, 0.25) is 0 Å². The molecule has 4 aromatic carbocycles. The molecule has 0 aliphatic rings. The number of pyridine rings is 1. The molecular formula is C25H16FNO. The van der Waals surface area contributed by atoms with E-state index in [1.165, 1.54) is 12.1 Å². The van der Waals surface area contributed by atoms with Crippen molar-refractivity contribution in [2.75, 3.05) is 0 Å². The van der Waals surface area contributed by atoms with Crippen molar-refractivity contribution in [3.8, 4) is 16.8 Å². The molecule has 0 amide bonds. The minimum atomic E-state index is -0.244. The molecule has 2 nitrogen and oxygen atoms in total. The second-order valence-electron chi connectivity index (χ2n) is 6.75. The van der Waals surface area contributed by atoms with Gasteiger partial charge in [-0.2, -0.15) is 0 Å². The van der Waals surface area contributed by atoms with E-state index >= 15 is 0 Å². The molecule has 0 fully saturated rings. The van der Waals surface area contributed by atoms with Gasteiger partial charge >= 0.3 is 0 Å². The lowest BCUT2D eigenvalue weighted by atomic mass is 10.0. The zero-order valence-electron chi connectivity index (χ0n) is 15.0. The van der Waals surface area contributed by atoms with E-state index in [0.29, 0.717) is 10.8 Å². The van der Waals surface area contributed by atoms with Gasteiger partial charge < -0.3 is 4.57 Å². The number of hydrogen-bond donors (Lipinski definition) is 0. The highest BCUT2D eigenvalue weighted by Crippen LogP contribution is 2.26. The van der Waals surface area contributed by atoms with Crippen LogP contribution in [0.4, 0.5) is 4.39 Å². The van der Waals surface area contributed by atoms with E-state index in [0.717, 1.165) is 27.8 Å². The van der Waals surface area contributed by atoms with Crippen molar-refractivity contribution >= 4 is 21.8 Å². The van der Waals surface area contributed by atoms with Gasteiger partial charge in [-0.25, -0.2) is 4.39 Å². The first-order valence-electron chi connectivity index (χ1n) is 9.11. The monoisotopic (exact) mass is 365 g/mol. The average Bonchev–Trinajstić information content (AvgIpc) is 2.75. The molecule has 0 aliphatic heterocycles. The van der Waals surface area contributed by atoms with Crippen molar-refractivity contribution in [2.45, 2.75) is 0 Å². The predicted molar refractivity (Wildman–Crippen MR) is 112 cm³/mol. The molecular weight excluding hydrogens is 349 g/mol. The van der Waals surface area contributed by atoms with Gasteiger partial charge in [-0.1, -0.05) is 48.5 Å². The smallest absolute Gasteiger partial charge is 0.197 e. The molecule has 1 aromatic heterocycles. The summed E-state index contributed by atoms with van der Waals surface area (Å²) in [5.41, 5.74) is 4.74. The van der Waals surface area contributed by atoms with Crippen LogP contribution >= 0.6 is 0 Å². The summed E-state index contributed by atoms with van der Waals surface area (Å²) < 4.78 is 15.3. The third-order valence-electron chi connectivity index (χ3n) is 5.08. The molecule has 0 aliphatic carbocycles. The molecule has 0 radical (unpaired) electrons. The van der Waals surface area contributed by atoms with Gasteiger partial charge in [0.1, 0.15) is 5.82 Å². The van der Waals surface area contributed by atoms with Gasteiger partial charge in [0, 0.05) is 16.5 Å². The third kappa shape index (κ3) is 2.60. The highest BCUT2D eigenvalue weighted by molar-refractivity contribution is 5.95. The van der Waals surface area contributed by atoms with Crippen LogP contribution in [0, 0.1) is 5.82 Å². The Morgan fingerprint density at radius 1 is 0.571 bits per heavy atom. The lowest BCUT2D eigenvalue weighted by molar-refractivity contribution is 0.628. The van der Waals surface area contributed by atoms with Crippen molar-refractivity contribution in [3.05, 3.63) is 113 Å². The van der Waals surface area contributed by atoms with E-state index in [4.69, 9.17) is 0 Å². The summed E-state index contributed by atoms with van der Waals surface area (Å²) in [5, 5.41) is 1.40. The molecule has 28 heavy (non-hydrogen) atoms. The lowest BCUT2D eigenvalue weighted by Crippen LogP contribution is -2.10. The molecule has 0 bridgehead atoms. The molecule has 134 valence electrons. The maximum absolute atomic E-state index is 13.2. The molecule has 0 saturated heterocycles. The number of halogens is 1. The number of benzene rings is 4. The number of para-hydroxylation sites is 2. The quantitative estimate of drug-likeness (QED) is 0.354. The fraction of sp³-hybridized carbons (Fsp3) is 0. The van der Waals surface area contributed by atoms with Gasteiger partial charge in [-0.3, -0.25) is 4.79 Å². The zero-order valence-corrected chi connectivity index (χ0v) is 15.0. The van der Waals surface area contributed by atoms with E-state index in [9.17, 15) is 9.18 Å². The third-order valence-corrected chi connectivity index (χ3v) is 5.08. The maximum Gasteiger partial charge on any atom is 0.197 e. The van der Waals surface area contributed by atoms with Crippen molar-refractivity contribution < 1.29 is 4.39 Å². The van der Waals surface area contributed by atoms with E-state index in [1.807, 2.05) is 72.8 Å². The summed E-state index contributed by atoms with van der Waals surface area (Å²) in [6.45, 7) is 0. The molecule has 0 N–H and O–H groups in total. The predicted octanol–water partition coefficient (Wildman–Crippen LogP) is 5.95. The molecule has 0 saturated carbocycles. The average molecular weight is 365 g/mol. The zero-order chi connectivity index (χ0) is 19.1. The summed E-state index contributed by atoms with van der Waals surface area (Å²) >= 11 is 0. The Labute approximate surface area is 161 Å². The highest BCUT2D eigenvalue weighted by Gasteiger charge is 2.11. The van der Waals surface area contributed by atoms with Gasteiger partial charge in [0.05, 0.1) is 11.0 Å². The summed E-state index contributed by atoms with van der Waals surface area (Å²) in [6, 6.07) is 29.9. The topological polar surface area (TPSA) is 22.0 Å².